The summed E-state index contributed by atoms with van der Waals surface area (Å²) in [5, 5.41) is 3.53. The van der Waals surface area contributed by atoms with Gasteiger partial charge in [-0.2, -0.15) is 0 Å². The molecule has 1 N–H and O–H groups in total. The van der Waals surface area contributed by atoms with Gasteiger partial charge in [-0.25, -0.2) is 12.7 Å². The number of piperidine rings is 1. The zero-order valence-electron chi connectivity index (χ0n) is 19.3. The molecule has 184 valence electrons. The Balaban J connectivity index is 1.30. The van der Waals surface area contributed by atoms with Crippen LogP contribution in [0.4, 0.5) is 0 Å². The maximum absolute atomic E-state index is 13.0. The molecule has 34 heavy (non-hydrogen) atoms. The Morgan fingerprint density at radius 3 is 2.56 bits per heavy atom. The third kappa shape index (κ3) is 7.02. The van der Waals surface area contributed by atoms with Crippen molar-refractivity contribution >= 4 is 27.5 Å². The first-order chi connectivity index (χ1) is 16.4. The quantitative estimate of drug-likeness (QED) is 0.596. The van der Waals surface area contributed by atoms with E-state index < -0.39 is 10.0 Å². The van der Waals surface area contributed by atoms with E-state index in [0.717, 1.165) is 38.4 Å². The van der Waals surface area contributed by atoms with Crippen LogP contribution < -0.4 is 5.32 Å². The van der Waals surface area contributed by atoms with Crippen molar-refractivity contribution in [1.82, 2.24) is 14.5 Å². The molecule has 2 aliphatic rings. The third-order valence-electron chi connectivity index (χ3n) is 6.35. The van der Waals surface area contributed by atoms with Gasteiger partial charge in [-0.3, -0.25) is 9.69 Å². The number of hydrogen-bond acceptors (Lipinski definition) is 5. The van der Waals surface area contributed by atoms with Crippen molar-refractivity contribution < 1.29 is 17.9 Å². The van der Waals surface area contributed by atoms with Gasteiger partial charge in [0.2, 0.25) is 15.9 Å². The molecule has 2 heterocycles. The van der Waals surface area contributed by atoms with Gasteiger partial charge in [0.15, 0.2) is 0 Å². The second-order valence-electron chi connectivity index (χ2n) is 9.01. The smallest absolute Gasteiger partial charge is 0.224 e. The zero-order valence-corrected chi connectivity index (χ0v) is 20.9. The summed E-state index contributed by atoms with van der Waals surface area (Å²) in [6.45, 7) is 5.35. The SMILES string of the molecule is O=C(NCc1cccc(CN2CCOCC2)c1)[C@H]1CCCN(S(=O)(=O)Cc2cccc(Cl)c2)C1. The van der Waals surface area contributed by atoms with Crippen LogP contribution in [0.5, 0.6) is 0 Å². The molecule has 4 rings (SSSR count). The first-order valence-corrected chi connectivity index (χ1v) is 13.8. The predicted molar refractivity (Wildman–Crippen MR) is 133 cm³/mol. The Hall–Kier alpha value is -1.97. The number of amides is 1. The Morgan fingerprint density at radius 1 is 1.03 bits per heavy atom. The molecule has 2 aromatic rings. The number of hydrogen-bond donors (Lipinski definition) is 1. The normalized spacial score (nSPS) is 20.2. The van der Waals surface area contributed by atoms with Crippen molar-refractivity contribution in [3.05, 3.63) is 70.2 Å². The number of carbonyl (C=O) groups is 1. The predicted octanol–water partition coefficient (Wildman–Crippen LogP) is 3.03. The van der Waals surface area contributed by atoms with Gasteiger partial charge in [-0.1, -0.05) is 48.0 Å². The molecule has 0 aliphatic carbocycles. The first-order valence-electron chi connectivity index (χ1n) is 11.8. The maximum atomic E-state index is 13.0. The Labute approximate surface area is 207 Å². The number of carbonyl (C=O) groups excluding carboxylic acids is 1. The van der Waals surface area contributed by atoms with Gasteiger partial charge in [0, 0.05) is 44.3 Å². The largest absolute Gasteiger partial charge is 0.379 e. The summed E-state index contributed by atoms with van der Waals surface area (Å²) in [6, 6.07) is 15.1. The number of sulfonamides is 1. The van der Waals surface area contributed by atoms with E-state index in [2.05, 4.69) is 22.3 Å². The van der Waals surface area contributed by atoms with Gasteiger partial charge in [-0.05, 0) is 41.7 Å². The second-order valence-corrected chi connectivity index (χ2v) is 11.4. The van der Waals surface area contributed by atoms with E-state index in [1.807, 2.05) is 12.1 Å². The fraction of sp³-hybridized carbons (Fsp3) is 0.480. The van der Waals surface area contributed by atoms with Crippen LogP contribution in [0.15, 0.2) is 48.5 Å². The molecule has 1 atom stereocenters. The molecule has 2 aliphatic heterocycles. The standard InChI is InChI=1S/C25H32ClN3O4S/c26-24-8-2-6-22(15-24)19-34(31,32)29-9-3-7-23(18-29)25(30)27-16-20-4-1-5-21(14-20)17-28-10-12-33-13-11-28/h1-2,4-6,8,14-15,23H,3,7,9-13,16-19H2,(H,27,30)/t23-/m0/s1. The highest BCUT2D eigenvalue weighted by molar-refractivity contribution is 7.88. The summed E-state index contributed by atoms with van der Waals surface area (Å²) in [7, 11) is -3.53. The Kier molecular flexibility index (Phi) is 8.60. The molecule has 0 aromatic heterocycles. The molecule has 9 heteroatoms. The third-order valence-corrected chi connectivity index (χ3v) is 8.41. The molecule has 0 bridgehead atoms. The number of rotatable bonds is 8. The molecule has 0 radical (unpaired) electrons. The van der Waals surface area contributed by atoms with Gasteiger partial charge in [-0.15, -0.1) is 0 Å². The van der Waals surface area contributed by atoms with Crippen molar-refractivity contribution in [2.75, 3.05) is 39.4 Å². The van der Waals surface area contributed by atoms with Gasteiger partial charge >= 0.3 is 0 Å². The van der Waals surface area contributed by atoms with E-state index in [1.54, 1.807) is 24.3 Å². The van der Waals surface area contributed by atoms with Crippen LogP contribution in [0, 0.1) is 5.92 Å². The van der Waals surface area contributed by atoms with E-state index >= 15 is 0 Å². The minimum absolute atomic E-state index is 0.0961. The van der Waals surface area contributed by atoms with E-state index in [0.29, 0.717) is 36.5 Å². The molecular weight excluding hydrogens is 474 g/mol. The lowest BCUT2D eigenvalue weighted by Gasteiger charge is -2.31. The highest BCUT2D eigenvalue weighted by Crippen LogP contribution is 2.23. The molecule has 0 spiro atoms. The van der Waals surface area contributed by atoms with Crippen molar-refractivity contribution in [2.45, 2.75) is 31.7 Å². The summed E-state index contributed by atoms with van der Waals surface area (Å²) in [4.78, 5) is 15.2. The summed E-state index contributed by atoms with van der Waals surface area (Å²) in [5.41, 5.74) is 2.90. The number of nitrogens with one attached hydrogen (secondary N) is 1. The minimum atomic E-state index is -3.53. The van der Waals surface area contributed by atoms with Crippen molar-refractivity contribution in [3.63, 3.8) is 0 Å². The summed E-state index contributed by atoms with van der Waals surface area (Å²) in [6.07, 6.45) is 1.36. The van der Waals surface area contributed by atoms with E-state index in [1.165, 1.54) is 9.87 Å². The van der Waals surface area contributed by atoms with E-state index in [9.17, 15) is 13.2 Å². The highest BCUT2D eigenvalue weighted by Gasteiger charge is 2.32. The number of halogens is 1. The highest BCUT2D eigenvalue weighted by atomic mass is 35.5. The van der Waals surface area contributed by atoms with Crippen molar-refractivity contribution in [3.8, 4) is 0 Å². The molecule has 2 aromatic carbocycles. The molecular formula is C25H32ClN3O4S. The molecule has 1 amide bonds. The fourth-order valence-electron chi connectivity index (χ4n) is 4.53. The average Bonchev–Trinajstić information content (AvgIpc) is 2.83. The van der Waals surface area contributed by atoms with E-state index in [-0.39, 0.29) is 24.1 Å². The summed E-state index contributed by atoms with van der Waals surface area (Å²) < 4.78 is 32.8. The lowest BCUT2D eigenvalue weighted by atomic mass is 9.98. The number of benzene rings is 2. The van der Waals surface area contributed by atoms with Crippen LogP contribution in [0.25, 0.3) is 0 Å². The van der Waals surface area contributed by atoms with Crippen molar-refractivity contribution in [1.29, 1.82) is 0 Å². The molecule has 2 saturated heterocycles. The second kappa shape index (κ2) is 11.6. The number of ether oxygens (including phenoxy) is 1. The van der Waals surface area contributed by atoms with Crippen LogP contribution in [0.3, 0.4) is 0 Å². The van der Waals surface area contributed by atoms with Crippen molar-refractivity contribution in [2.24, 2.45) is 5.92 Å². The molecule has 7 nitrogen and oxygen atoms in total. The monoisotopic (exact) mass is 505 g/mol. The first kappa shape index (κ1) is 25.1. The van der Waals surface area contributed by atoms with Crippen LogP contribution >= 0.6 is 11.6 Å². The molecule has 2 fully saturated rings. The van der Waals surface area contributed by atoms with Crippen LogP contribution in [0.1, 0.15) is 29.5 Å². The number of nitrogens with zero attached hydrogens (tertiary/aromatic N) is 2. The van der Waals surface area contributed by atoms with Crippen LogP contribution in [-0.2, 0) is 38.4 Å². The van der Waals surface area contributed by atoms with Crippen LogP contribution in [-0.4, -0.2) is 62.9 Å². The Bertz CT molecular complexity index is 1090. The maximum Gasteiger partial charge on any atom is 0.224 e. The van der Waals surface area contributed by atoms with Crippen LogP contribution in [0.2, 0.25) is 5.02 Å². The zero-order chi connectivity index (χ0) is 24.0. The lowest BCUT2D eigenvalue weighted by Crippen LogP contribution is -2.45. The average molecular weight is 506 g/mol. The lowest BCUT2D eigenvalue weighted by molar-refractivity contribution is -0.126. The van der Waals surface area contributed by atoms with Gasteiger partial charge in [0.25, 0.3) is 0 Å². The van der Waals surface area contributed by atoms with E-state index in [4.69, 9.17) is 16.3 Å². The summed E-state index contributed by atoms with van der Waals surface area (Å²) >= 11 is 6.00. The molecule has 0 unspecified atom stereocenters. The summed E-state index contributed by atoms with van der Waals surface area (Å²) in [5.74, 6) is -0.557. The van der Waals surface area contributed by atoms with Gasteiger partial charge in [0.05, 0.1) is 24.9 Å². The fourth-order valence-corrected chi connectivity index (χ4v) is 6.34. The topological polar surface area (TPSA) is 79.0 Å². The minimum Gasteiger partial charge on any atom is -0.379 e. The Morgan fingerprint density at radius 2 is 1.76 bits per heavy atom. The van der Waals surface area contributed by atoms with Gasteiger partial charge < -0.3 is 10.1 Å². The van der Waals surface area contributed by atoms with Gasteiger partial charge in [0.1, 0.15) is 0 Å². The molecule has 0 saturated carbocycles. The number of morpholine rings is 1.